The monoisotopic (exact) mass is 352 g/mol. The first-order valence-corrected chi connectivity index (χ1v) is 8.33. The SMILES string of the molecule is COc1cc(C(C)=O)ccc1OCC(=O)N1CCC(c2ccccc2)=N1. The number of benzene rings is 2. The Hall–Kier alpha value is -3.15. The summed E-state index contributed by atoms with van der Waals surface area (Å²) in [6, 6.07) is 14.7. The molecule has 0 N–H and O–H groups in total. The van der Waals surface area contributed by atoms with Gasteiger partial charge in [-0.05, 0) is 30.7 Å². The van der Waals surface area contributed by atoms with Gasteiger partial charge >= 0.3 is 0 Å². The van der Waals surface area contributed by atoms with Crippen LogP contribution in [0.4, 0.5) is 0 Å². The summed E-state index contributed by atoms with van der Waals surface area (Å²) < 4.78 is 10.8. The van der Waals surface area contributed by atoms with Crippen LogP contribution in [0.15, 0.2) is 53.6 Å². The number of hydrazone groups is 1. The van der Waals surface area contributed by atoms with Crippen molar-refractivity contribution in [2.24, 2.45) is 5.10 Å². The molecule has 0 fully saturated rings. The van der Waals surface area contributed by atoms with E-state index in [1.54, 1.807) is 18.2 Å². The second kappa shape index (κ2) is 7.82. The van der Waals surface area contributed by atoms with Crippen molar-refractivity contribution in [2.45, 2.75) is 13.3 Å². The topological polar surface area (TPSA) is 68.2 Å². The molecule has 2 aromatic carbocycles. The molecule has 0 saturated carbocycles. The lowest BCUT2D eigenvalue weighted by Crippen LogP contribution is -2.28. The first kappa shape index (κ1) is 17.7. The average molecular weight is 352 g/mol. The maximum Gasteiger partial charge on any atom is 0.280 e. The third-order valence-corrected chi connectivity index (χ3v) is 4.12. The number of methoxy groups -OCH3 is 1. The first-order valence-electron chi connectivity index (χ1n) is 8.33. The lowest BCUT2D eigenvalue weighted by atomic mass is 10.1. The summed E-state index contributed by atoms with van der Waals surface area (Å²) in [5.41, 5.74) is 2.43. The Morgan fingerprint density at radius 1 is 1.12 bits per heavy atom. The molecule has 0 atom stereocenters. The molecule has 2 aromatic rings. The van der Waals surface area contributed by atoms with E-state index in [9.17, 15) is 9.59 Å². The number of rotatable bonds is 6. The van der Waals surface area contributed by atoms with Crippen molar-refractivity contribution in [3.63, 3.8) is 0 Å². The molecule has 6 heteroatoms. The number of nitrogens with zero attached hydrogens (tertiary/aromatic N) is 2. The van der Waals surface area contributed by atoms with Gasteiger partial charge in [-0.25, -0.2) is 5.01 Å². The zero-order valence-corrected chi connectivity index (χ0v) is 14.8. The number of ketones is 1. The van der Waals surface area contributed by atoms with Gasteiger partial charge in [-0.3, -0.25) is 9.59 Å². The van der Waals surface area contributed by atoms with E-state index in [1.807, 2.05) is 30.3 Å². The molecule has 0 saturated heterocycles. The van der Waals surface area contributed by atoms with E-state index in [-0.39, 0.29) is 18.3 Å². The molecule has 1 heterocycles. The maximum atomic E-state index is 12.4. The van der Waals surface area contributed by atoms with E-state index < -0.39 is 0 Å². The fraction of sp³-hybridized carbons (Fsp3) is 0.250. The van der Waals surface area contributed by atoms with Crippen molar-refractivity contribution in [3.05, 3.63) is 59.7 Å². The van der Waals surface area contributed by atoms with Gasteiger partial charge in [0.15, 0.2) is 23.9 Å². The zero-order valence-electron chi connectivity index (χ0n) is 14.8. The van der Waals surface area contributed by atoms with Crippen LogP contribution in [0.25, 0.3) is 0 Å². The molecule has 1 aliphatic rings. The van der Waals surface area contributed by atoms with Gasteiger partial charge < -0.3 is 9.47 Å². The van der Waals surface area contributed by atoms with Crippen molar-refractivity contribution in [2.75, 3.05) is 20.3 Å². The summed E-state index contributed by atoms with van der Waals surface area (Å²) in [5.74, 6) is 0.539. The molecule has 26 heavy (non-hydrogen) atoms. The van der Waals surface area contributed by atoms with Crippen molar-refractivity contribution >= 4 is 17.4 Å². The number of hydrogen-bond donors (Lipinski definition) is 0. The third-order valence-electron chi connectivity index (χ3n) is 4.12. The van der Waals surface area contributed by atoms with E-state index in [1.165, 1.54) is 19.0 Å². The van der Waals surface area contributed by atoms with Crippen LogP contribution >= 0.6 is 0 Å². The van der Waals surface area contributed by atoms with Crippen LogP contribution < -0.4 is 9.47 Å². The van der Waals surface area contributed by atoms with Gasteiger partial charge in [-0.15, -0.1) is 0 Å². The Kier molecular flexibility index (Phi) is 5.31. The van der Waals surface area contributed by atoms with Gasteiger partial charge in [0, 0.05) is 12.0 Å². The van der Waals surface area contributed by atoms with Crippen LogP contribution in [0.1, 0.15) is 29.3 Å². The van der Waals surface area contributed by atoms with Crippen molar-refractivity contribution < 1.29 is 19.1 Å². The molecular weight excluding hydrogens is 332 g/mol. The zero-order chi connectivity index (χ0) is 18.5. The van der Waals surface area contributed by atoms with E-state index in [0.29, 0.717) is 30.0 Å². The summed E-state index contributed by atoms with van der Waals surface area (Å²) in [6.45, 7) is 1.86. The van der Waals surface area contributed by atoms with Gasteiger partial charge in [-0.2, -0.15) is 5.10 Å². The van der Waals surface area contributed by atoms with E-state index in [4.69, 9.17) is 9.47 Å². The highest BCUT2D eigenvalue weighted by Crippen LogP contribution is 2.28. The largest absolute Gasteiger partial charge is 0.493 e. The van der Waals surface area contributed by atoms with Crippen LogP contribution in [0.3, 0.4) is 0 Å². The molecule has 0 spiro atoms. The number of carbonyl (C=O) groups is 2. The molecule has 6 nitrogen and oxygen atoms in total. The van der Waals surface area contributed by atoms with Gasteiger partial charge in [0.05, 0.1) is 19.4 Å². The van der Waals surface area contributed by atoms with Crippen LogP contribution in [0.2, 0.25) is 0 Å². The molecule has 3 rings (SSSR count). The summed E-state index contributed by atoms with van der Waals surface area (Å²) in [5, 5.41) is 5.82. The van der Waals surface area contributed by atoms with Crippen LogP contribution in [0, 0.1) is 0 Å². The summed E-state index contributed by atoms with van der Waals surface area (Å²) in [6.07, 6.45) is 0.715. The molecule has 0 aromatic heterocycles. The Morgan fingerprint density at radius 2 is 1.88 bits per heavy atom. The molecule has 134 valence electrons. The fourth-order valence-corrected chi connectivity index (χ4v) is 2.69. The van der Waals surface area contributed by atoms with Crippen LogP contribution in [-0.2, 0) is 4.79 Å². The third kappa shape index (κ3) is 3.91. The number of Topliss-reactive ketones (excluding diaryl/α,β-unsaturated/α-hetero) is 1. The number of hydrogen-bond acceptors (Lipinski definition) is 5. The second-order valence-corrected chi connectivity index (χ2v) is 5.89. The molecule has 0 unspecified atom stereocenters. The Bertz CT molecular complexity index is 846. The van der Waals surface area contributed by atoms with E-state index >= 15 is 0 Å². The van der Waals surface area contributed by atoms with E-state index in [0.717, 1.165) is 11.3 Å². The minimum absolute atomic E-state index is 0.0641. The van der Waals surface area contributed by atoms with Crippen LogP contribution in [-0.4, -0.2) is 42.7 Å². The highest BCUT2D eigenvalue weighted by atomic mass is 16.5. The van der Waals surface area contributed by atoms with Crippen molar-refractivity contribution in [3.8, 4) is 11.5 Å². The Balaban J connectivity index is 1.64. The fourth-order valence-electron chi connectivity index (χ4n) is 2.69. The summed E-state index contributed by atoms with van der Waals surface area (Å²) in [7, 11) is 1.49. The molecule has 0 radical (unpaired) electrons. The number of ether oxygens (including phenoxy) is 2. The quantitative estimate of drug-likeness (QED) is 0.750. The Morgan fingerprint density at radius 3 is 2.58 bits per heavy atom. The minimum Gasteiger partial charge on any atom is -0.493 e. The number of carbonyl (C=O) groups excluding carboxylic acids is 2. The smallest absolute Gasteiger partial charge is 0.280 e. The minimum atomic E-state index is -0.228. The summed E-state index contributed by atoms with van der Waals surface area (Å²) in [4.78, 5) is 23.8. The molecule has 1 amide bonds. The van der Waals surface area contributed by atoms with Crippen LogP contribution in [0.5, 0.6) is 11.5 Å². The highest BCUT2D eigenvalue weighted by Gasteiger charge is 2.22. The van der Waals surface area contributed by atoms with Crippen molar-refractivity contribution in [1.29, 1.82) is 0 Å². The van der Waals surface area contributed by atoms with Gasteiger partial charge in [0.25, 0.3) is 5.91 Å². The first-order chi connectivity index (χ1) is 12.6. The number of amides is 1. The lowest BCUT2D eigenvalue weighted by molar-refractivity contribution is -0.132. The molecule has 0 bridgehead atoms. The standard InChI is InChI=1S/C20H20N2O4/c1-14(23)16-8-9-18(19(12-16)25-2)26-13-20(24)22-11-10-17(21-22)15-6-4-3-5-7-15/h3-9,12H,10-11,13H2,1-2H3. The van der Waals surface area contributed by atoms with Crippen molar-refractivity contribution in [1.82, 2.24) is 5.01 Å². The predicted octanol–water partition coefficient (Wildman–Crippen LogP) is 2.91. The molecular formula is C20H20N2O4. The van der Waals surface area contributed by atoms with Gasteiger partial charge in [0.2, 0.25) is 0 Å². The van der Waals surface area contributed by atoms with Gasteiger partial charge in [0.1, 0.15) is 0 Å². The Labute approximate surface area is 152 Å². The van der Waals surface area contributed by atoms with E-state index in [2.05, 4.69) is 5.10 Å². The summed E-state index contributed by atoms with van der Waals surface area (Å²) >= 11 is 0. The highest BCUT2D eigenvalue weighted by molar-refractivity contribution is 6.02. The normalized spacial score (nSPS) is 13.3. The van der Waals surface area contributed by atoms with Gasteiger partial charge in [-0.1, -0.05) is 30.3 Å². The molecule has 0 aliphatic carbocycles. The second-order valence-electron chi connectivity index (χ2n) is 5.89. The maximum absolute atomic E-state index is 12.4. The predicted molar refractivity (Wildman–Crippen MR) is 97.8 cm³/mol. The lowest BCUT2D eigenvalue weighted by Gasteiger charge is -2.14. The molecule has 1 aliphatic heterocycles. The average Bonchev–Trinajstić information content (AvgIpc) is 3.17.